The molecule has 1 aliphatic heterocycles. The summed E-state index contributed by atoms with van der Waals surface area (Å²) in [6.07, 6.45) is 0.891. The Morgan fingerprint density at radius 2 is 2.00 bits per heavy atom. The summed E-state index contributed by atoms with van der Waals surface area (Å²) in [6, 6.07) is 6.72. The normalized spacial score (nSPS) is 18.3. The van der Waals surface area contributed by atoms with Gasteiger partial charge >= 0.3 is 0 Å². The summed E-state index contributed by atoms with van der Waals surface area (Å²) in [4.78, 5) is 0.249. The van der Waals surface area contributed by atoms with Gasteiger partial charge in [0.25, 0.3) is 0 Å². The van der Waals surface area contributed by atoms with Crippen LogP contribution in [0.4, 0.5) is 5.69 Å². The van der Waals surface area contributed by atoms with Gasteiger partial charge in [-0.1, -0.05) is 12.1 Å². The van der Waals surface area contributed by atoms with Gasteiger partial charge in [0.15, 0.2) is 0 Å². The van der Waals surface area contributed by atoms with Crippen LogP contribution in [0.1, 0.15) is 6.42 Å². The van der Waals surface area contributed by atoms with Gasteiger partial charge < -0.3 is 5.43 Å². The van der Waals surface area contributed by atoms with Crippen LogP contribution < -0.4 is 11.3 Å². The zero-order chi connectivity index (χ0) is 13.0. The van der Waals surface area contributed by atoms with E-state index in [2.05, 4.69) is 5.43 Å². The van der Waals surface area contributed by atoms with E-state index < -0.39 is 10.0 Å². The lowest BCUT2D eigenvalue weighted by Crippen LogP contribution is -2.33. The molecule has 3 N–H and O–H groups in total. The van der Waals surface area contributed by atoms with Crippen molar-refractivity contribution in [2.75, 3.05) is 30.0 Å². The maximum Gasteiger partial charge on any atom is 0.245 e. The molecule has 0 aromatic heterocycles. The summed E-state index contributed by atoms with van der Waals surface area (Å²) >= 11 is 1.79. The smallest absolute Gasteiger partial charge is 0.245 e. The minimum atomic E-state index is -3.45. The van der Waals surface area contributed by atoms with E-state index in [1.54, 1.807) is 40.3 Å². The largest absolute Gasteiger partial charge is 0.323 e. The van der Waals surface area contributed by atoms with E-state index in [1.165, 1.54) is 0 Å². The van der Waals surface area contributed by atoms with Crippen LogP contribution >= 0.6 is 11.8 Å². The van der Waals surface area contributed by atoms with Crippen molar-refractivity contribution in [3.63, 3.8) is 0 Å². The maximum atomic E-state index is 12.5. The molecule has 0 atom stereocenters. The Hall–Kier alpha value is -0.760. The van der Waals surface area contributed by atoms with Gasteiger partial charge in [0.1, 0.15) is 4.90 Å². The molecular weight excluding hydrogens is 270 g/mol. The monoisotopic (exact) mass is 287 g/mol. The summed E-state index contributed by atoms with van der Waals surface area (Å²) in [6.45, 7) is 1.14. The van der Waals surface area contributed by atoms with Crippen molar-refractivity contribution in [3.8, 4) is 0 Å². The molecule has 0 radical (unpaired) electrons. The first-order valence-electron chi connectivity index (χ1n) is 5.80. The predicted molar refractivity (Wildman–Crippen MR) is 75.0 cm³/mol. The minimum Gasteiger partial charge on any atom is -0.323 e. The molecule has 100 valence electrons. The third-order valence-electron chi connectivity index (χ3n) is 2.84. The van der Waals surface area contributed by atoms with E-state index in [-0.39, 0.29) is 4.90 Å². The van der Waals surface area contributed by atoms with E-state index in [0.717, 1.165) is 17.9 Å². The standard InChI is InChI=1S/C11H17N3O2S2/c12-13-10-4-1-2-5-11(10)18(15,16)14-6-3-8-17-9-7-14/h1-2,4-5,13H,3,6-9,12H2. The molecule has 1 aromatic carbocycles. The van der Waals surface area contributed by atoms with Gasteiger partial charge in [0.05, 0.1) is 5.69 Å². The number of nitrogen functional groups attached to an aromatic ring is 1. The van der Waals surface area contributed by atoms with Crippen molar-refractivity contribution in [2.24, 2.45) is 5.84 Å². The number of nitrogens with one attached hydrogen (secondary N) is 1. The molecule has 2 rings (SSSR count). The highest BCUT2D eigenvalue weighted by atomic mass is 32.2. The Balaban J connectivity index is 2.34. The molecule has 1 fully saturated rings. The van der Waals surface area contributed by atoms with Crippen LogP contribution in [0, 0.1) is 0 Å². The number of nitrogens with two attached hydrogens (primary N) is 1. The fraction of sp³-hybridized carbons (Fsp3) is 0.455. The number of benzene rings is 1. The van der Waals surface area contributed by atoms with Crippen LogP contribution in [0.3, 0.4) is 0 Å². The van der Waals surface area contributed by atoms with Crippen molar-refractivity contribution < 1.29 is 8.42 Å². The van der Waals surface area contributed by atoms with Gasteiger partial charge in [-0.2, -0.15) is 16.1 Å². The first-order valence-corrected chi connectivity index (χ1v) is 8.39. The Kier molecular flexibility index (Phi) is 4.50. The Morgan fingerprint density at radius 1 is 1.22 bits per heavy atom. The molecule has 0 aliphatic carbocycles. The number of anilines is 1. The fourth-order valence-corrected chi connectivity index (χ4v) is 4.55. The number of hydrogen-bond donors (Lipinski definition) is 2. The third-order valence-corrected chi connectivity index (χ3v) is 5.85. The fourth-order valence-electron chi connectivity index (χ4n) is 1.91. The highest BCUT2D eigenvalue weighted by Crippen LogP contribution is 2.25. The van der Waals surface area contributed by atoms with Crippen molar-refractivity contribution in [1.29, 1.82) is 0 Å². The average molecular weight is 287 g/mol. The number of thioether (sulfide) groups is 1. The van der Waals surface area contributed by atoms with Crippen molar-refractivity contribution in [1.82, 2.24) is 4.31 Å². The molecule has 5 nitrogen and oxygen atoms in total. The molecule has 7 heteroatoms. The molecule has 1 saturated heterocycles. The van der Waals surface area contributed by atoms with E-state index >= 15 is 0 Å². The number of para-hydroxylation sites is 1. The predicted octanol–water partition coefficient (Wildman–Crippen LogP) is 1.10. The summed E-state index contributed by atoms with van der Waals surface area (Å²) < 4.78 is 26.6. The molecule has 0 unspecified atom stereocenters. The SMILES string of the molecule is NNc1ccccc1S(=O)(=O)N1CCCSCC1. The lowest BCUT2D eigenvalue weighted by Gasteiger charge is -2.21. The molecule has 1 aromatic rings. The van der Waals surface area contributed by atoms with Crippen LogP contribution in [-0.2, 0) is 10.0 Å². The van der Waals surface area contributed by atoms with Crippen LogP contribution in [-0.4, -0.2) is 37.3 Å². The average Bonchev–Trinajstić information content (AvgIpc) is 2.68. The quantitative estimate of drug-likeness (QED) is 0.643. The molecule has 1 heterocycles. The molecule has 18 heavy (non-hydrogen) atoms. The van der Waals surface area contributed by atoms with Gasteiger partial charge in [-0.25, -0.2) is 8.42 Å². The van der Waals surface area contributed by atoms with Crippen LogP contribution in [0.15, 0.2) is 29.2 Å². The second-order valence-corrected chi connectivity index (χ2v) is 7.14. The summed E-state index contributed by atoms with van der Waals surface area (Å²) in [7, 11) is -3.45. The van der Waals surface area contributed by atoms with Gasteiger partial charge in [-0.05, 0) is 24.3 Å². The molecule has 1 aliphatic rings. The first-order chi connectivity index (χ1) is 8.66. The van der Waals surface area contributed by atoms with Crippen molar-refractivity contribution >= 4 is 27.5 Å². The zero-order valence-electron chi connectivity index (χ0n) is 10.0. The minimum absolute atomic E-state index is 0.249. The van der Waals surface area contributed by atoms with E-state index in [0.29, 0.717) is 18.8 Å². The molecule has 0 spiro atoms. The second kappa shape index (κ2) is 5.92. The lowest BCUT2D eigenvalue weighted by atomic mass is 10.3. The number of hydrazine groups is 1. The number of sulfonamides is 1. The van der Waals surface area contributed by atoms with Gasteiger partial charge in [0, 0.05) is 18.8 Å². The van der Waals surface area contributed by atoms with Gasteiger partial charge in [-0.15, -0.1) is 0 Å². The lowest BCUT2D eigenvalue weighted by molar-refractivity contribution is 0.435. The van der Waals surface area contributed by atoms with Crippen LogP contribution in [0.5, 0.6) is 0 Å². The van der Waals surface area contributed by atoms with Crippen molar-refractivity contribution in [3.05, 3.63) is 24.3 Å². The summed E-state index contributed by atoms with van der Waals surface area (Å²) in [5, 5.41) is 0. The second-order valence-electron chi connectivity index (χ2n) is 4.01. The van der Waals surface area contributed by atoms with Gasteiger partial charge in [-0.3, -0.25) is 5.84 Å². The zero-order valence-corrected chi connectivity index (χ0v) is 11.6. The molecular formula is C11H17N3O2S2. The summed E-state index contributed by atoms with van der Waals surface area (Å²) in [5.41, 5.74) is 2.88. The highest BCUT2D eigenvalue weighted by Gasteiger charge is 2.27. The number of nitrogens with zero attached hydrogens (tertiary/aromatic N) is 1. The van der Waals surface area contributed by atoms with Crippen molar-refractivity contribution in [2.45, 2.75) is 11.3 Å². The van der Waals surface area contributed by atoms with E-state index in [9.17, 15) is 8.42 Å². The number of rotatable bonds is 3. The topological polar surface area (TPSA) is 75.4 Å². The highest BCUT2D eigenvalue weighted by molar-refractivity contribution is 7.99. The maximum absolute atomic E-state index is 12.5. The molecule has 0 saturated carbocycles. The Bertz CT molecular complexity index is 497. The number of hydrogen-bond acceptors (Lipinski definition) is 5. The Labute approximate surface area is 112 Å². The first kappa shape index (κ1) is 13.7. The van der Waals surface area contributed by atoms with Crippen LogP contribution in [0.2, 0.25) is 0 Å². The van der Waals surface area contributed by atoms with E-state index in [1.807, 2.05) is 0 Å². The molecule has 0 amide bonds. The van der Waals surface area contributed by atoms with E-state index in [4.69, 9.17) is 5.84 Å². The van der Waals surface area contributed by atoms with Gasteiger partial charge in [0.2, 0.25) is 10.0 Å². The third kappa shape index (κ3) is 2.80. The molecule has 0 bridgehead atoms. The van der Waals surface area contributed by atoms with Crippen LogP contribution in [0.25, 0.3) is 0 Å². The Morgan fingerprint density at radius 3 is 2.78 bits per heavy atom. The summed E-state index contributed by atoms with van der Waals surface area (Å²) in [5.74, 6) is 7.23.